The van der Waals surface area contributed by atoms with Gasteiger partial charge in [-0.05, 0) is 42.3 Å². The van der Waals surface area contributed by atoms with E-state index in [1.165, 1.54) is 12.4 Å². The summed E-state index contributed by atoms with van der Waals surface area (Å²) in [6.07, 6.45) is 2.94. The van der Waals surface area contributed by atoms with Crippen molar-refractivity contribution in [1.29, 1.82) is 0 Å². The van der Waals surface area contributed by atoms with Crippen LogP contribution in [-0.2, 0) is 16.1 Å². The maximum atomic E-state index is 12.9. The topological polar surface area (TPSA) is 87.5 Å². The fraction of sp³-hybridized carbons (Fsp3) is 0.208. The van der Waals surface area contributed by atoms with Gasteiger partial charge < -0.3 is 19.5 Å². The number of halogens is 2. The summed E-state index contributed by atoms with van der Waals surface area (Å²) in [6, 6.07) is 10.2. The highest BCUT2D eigenvalue weighted by molar-refractivity contribution is 6.42. The molecule has 8 nitrogen and oxygen atoms in total. The predicted octanol–water partition coefficient (Wildman–Crippen LogP) is 5.19. The Labute approximate surface area is 206 Å². The quantitative estimate of drug-likeness (QED) is 0.336. The number of anilines is 1. The second kappa shape index (κ2) is 10.2. The van der Waals surface area contributed by atoms with E-state index in [-0.39, 0.29) is 13.2 Å². The monoisotopic (exact) mass is 500 g/mol. The first-order valence-corrected chi connectivity index (χ1v) is 11.1. The molecule has 2 heterocycles. The van der Waals surface area contributed by atoms with Crippen LogP contribution < -0.4 is 14.8 Å². The number of hydrogen-bond donors (Lipinski definition) is 1. The number of ether oxygens (including phenoxy) is 3. The average molecular weight is 501 g/mol. The highest BCUT2D eigenvalue weighted by atomic mass is 35.5. The van der Waals surface area contributed by atoms with Gasteiger partial charge in [-0.3, -0.25) is 0 Å². The van der Waals surface area contributed by atoms with Gasteiger partial charge in [-0.15, -0.1) is 0 Å². The van der Waals surface area contributed by atoms with Crippen LogP contribution in [0.4, 0.5) is 5.95 Å². The molecule has 176 valence electrons. The Hall–Kier alpha value is -3.49. The summed E-state index contributed by atoms with van der Waals surface area (Å²) in [5.74, 6) is 1.06. The van der Waals surface area contributed by atoms with Crippen LogP contribution in [0.2, 0.25) is 10.0 Å². The molecular weight excluding hydrogens is 479 g/mol. The van der Waals surface area contributed by atoms with E-state index >= 15 is 0 Å². The SMILES string of the molecule is C=CCOC(=O)C1=C(C)Nc2ncnn2C1c1ccc(OCc2ccc(Cl)c(Cl)c2)c(OC)c1. The molecule has 4 rings (SSSR count). The third kappa shape index (κ3) is 4.73. The fourth-order valence-corrected chi connectivity index (χ4v) is 3.96. The van der Waals surface area contributed by atoms with Gasteiger partial charge in [-0.25, -0.2) is 9.48 Å². The molecule has 0 fully saturated rings. The van der Waals surface area contributed by atoms with Crippen molar-refractivity contribution in [3.8, 4) is 11.5 Å². The molecule has 0 saturated heterocycles. The predicted molar refractivity (Wildman–Crippen MR) is 129 cm³/mol. The van der Waals surface area contributed by atoms with Gasteiger partial charge in [0.1, 0.15) is 25.6 Å². The van der Waals surface area contributed by atoms with Crippen LogP contribution in [-0.4, -0.2) is 34.5 Å². The van der Waals surface area contributed by atoms with Gasteiger partial charge in [-0.1, -0.05) is 48.0 Å². The van der Waals surface area contributed by atoms with Crippen molar-refractivity contribution >= 4 is 35.1 Å². The van der Waals surface area contributed by atoms with Gasteiger partial charge in [0.2, 0.25) is 5.95 Å². The number of carbonyl (C=O) groups is 1. The van der Waals surface area contributed by atoms with E-state index in [1.54, 1.807) is 43.0 Å². The number of carbonyl (C=O) groups excluding carboxylic acids is 1. The van der Waals surface area contributed by atoms with Gasteiger partial charge in [0.25, 0.3) is 0 Å². The largest absolute Gasteiger partial charge is 0.493 e. The lowest BCUT2D eigenvalue weighted by atomic mass is 9.95. The Morgan fingerprint density at radius 3 is 2.76 bits per heavy atom. The summed E-state index contributed by atoms with van der Waals surface area (Å²) in [5.41, 5.74) is 2.64. The molecule has 1 aliphatic rings. The molecule has 1 atom stereocenters. The third-order valence-electron chi connectivity index (χ3n) is 5.23. The van der Waals surface area contributed by atoms with Crippen LogP contribution in [0, 0.1) is 0 Å². The number of hydrogen-bond acceptors (Lipinski definition) is 7. The van der Waals surface area contributed by atoms with Gasteiger partial charge in [0, 0.05) is 5.70 Å². The first-order chi connectivity index (χ1) is 16.4. The zero-order chi connectivity index (χ0) is 24.2. The lowest BCUT2D eigenvalue weighted by Crippen LogP contribution is -2.29. The van der Waals surface area contributed by atoms with Crippen molar-refractivity contribution in [3.05, 3.63) is 87.8 Å². The van der Waals surface area contributed by atoms with Crippen molar-refractivity contribution in [3.63, 3.8) is 0 Å². The van der Waals surface area contributed by atoms with Crippen LogP contribution in [0.25, 0.3) is 0 Å². The first kappa shape index (κ1) is 23.7. The Morgan fingerprint density at radius 2 is 2.03 bits per heavy atom. The Kier molecular flexibility index (Phi) is 7.09. The highest BCUT2D eigenvalue weighted by Crippen LogP contribution is 2.39. The third-order valence-corrected chi connectivity index (χ3v) is 5.97. The van der Waals surface area contributed by atoms with E-state index < -0.39 is 12.0 Å². The smallest absolute Gasteiger partial charge is 0.338 e. The molecule has 0 bridgehead atoms. The molecule has 34 heavy (non-hydrogen) atoms. The average Bonchev–Trinajstić information content (AvgIpc) is 3.30. The maximum absolute atomic E-state index is 12.9. The lowest BCUT2D eigenvalue weighted by molar-refractivity contribution is -0.138. The Morgan fingerprint density at radius 1 is 1.21 bits per heavy atom. The van der Waals surface area contributed by atoms with E-state index in [2.05, 4.69) is 22.0 Å². The van der Waals surface area contributed by atoms with E-state index in [0.717, 1.165) is 11.1 Å². The molecule has 10 heteroatoms. The Balaban J connectivity index is 1.66. The fourth-order valence-electron chi connectivity index (χ4n) is 3.64. The molecule has 0 amide bonds. The van der Waals surface area contributed by atoms with Crippen molar-refractivity contribution in [2.45, 2.75) is 19.6 Å². The van der Waals surface area contributed by atoms with Crippen LogP contribution in [0.5, 0.6) is 11.5 Å². The van der Waals surface area contributed by atoms with E-state index in [1.807, 2.05) is 12.1 Å². The van der Waals surface area contributed by atoms with Gasteiger partial charge in [-0.2, -0.15) is 10.1 Å². The molecule has 0 radical (unpaired) electrons. The summed E-state index contributed by atoms with van der Waals surface area (Å²) in [5, 5.41) is 8.35. The number of allylic oxidation sites excluding steroid dienone is 1. The normalized spacial score (nSPS) is 14.8. The summed E-state index contributed by atoms with van der Waals surface area (Å²) in [7, 11) is 1.55. The lowest BCUT2D eigenvalue weighted by Gasteiger charge is -2.28. The van der Waals surface area contributed by atoms with Crippen LogP contribution in [0.3, 0.4) is 0 Å². The summed E-state index contributed by atoms with van der Waals surface area (Å²) in [6.45, 7) is 5.76. The summed E-state index contributed by atoms with van der Waals surface area (Å²) in [4.78, 5) is 17.1. The summed E-state index contributed by atoms with van der Waals surface area (Å²) >= 11 is 12.1. The minimum absolute atomic E-state index is 0.0946. The number of nitrogens with zero attached hydrogens (tertiary/aromatic N) is 3. The van der Waals surface area contributed by atoms with E-state index in [4.69, 9.17) is 37.4 Å². The van der Waals surface area contributed by atoms with E-state index in [0.29, 0.717) is 38.8 Å². The number of fused-ring (bicyclic) bond motifs is 1. The van der Waals surface area contributed by atoms with Crippen LogP contribution in [0.15, 0.2) is 66.7 Å². The van der Waals surface area contributed by atoms with Crippen LogP contribution >= 0.6 is 23.2 Å². The van der Waals surface area contributed by atoms with E-state index in [9.17, 15) is 4.79 Å². The number of methoxy groups -OCH3 is 1. The number of nitrogens with one attached hydrogen (secondary N) is 1. The number of esters is 1. The molecular formula is C24H22Cl2N4O4. The first-order valence-electron chi connectivity index (χ1n) is 10.3. The second-order valence-electron chi connectivity index (χ2n) is 7.43. The minimum Gasteiger partial charge on any atom is -0.493 e. The second-order valence-corrected chi connectivity index (χ2v) is 8.24. The molecule has 1 aliphatic heterocycles. The van der Waals surface area contributed by atoms with Crippen molar-refractivity contribution in [2.24, 2.45) is 0 Å². The zero-order valence-electron chi connectivity index (χ0n) is 18.5. The highest BCUT2D eigenvalue weighted by Gasteiger charge is 2.34. The molecule has 0 saturated carbocycles. The molecule has 2 aromatic carbocycles. The molecule has 0 aliphatic carbocycles. The van der Waals surface area contributed by atoms with Gasteiger partial charge >= 0.3 is 5.97 Å². The zero-order valence-corrected chi connectivity index (χ0v) is 20.1. The number of aromatic nitrogens is 3. The van der Waals surface area contributed by atoms with Crippen LogP contribution in [0.1, 0.15) is 24.1 Å². The Bertz CT molecular complexity index is 1270. The number of benzene rings is 2. The molecule has 1 unspecified atom stereocenters. The molecule has 3 aromatic rings. The van der Waals surface area contributed by atoms with Crippen molar-refractivity contribution < 1.29 is 19.0 Å². The maximum Gasteiger partial charge on any atom is 0.338 e. The van der Waals surface area contributed by atoms with Gasteiger partial charge in [0.15, 0.2) is 11.5 Å². The standard InChI is InChI=1S/C24H22Cl2N4O4/c1-4-9-33-23(31)21-14(2)29-24-27-13-28-30(24)22(21)16-6-8-19(20(11-16)32-3)34-12-15-5-7-17(25)18(26)10-15/h4-8,10-11,13,22H,1,9,12H2,2-3H3,(H,27,28,29). The van der Waals surface area contributed by atoms with Crippen molar-refractivity contribution in [1.82, 2.24) is 14.8 Å². The molecule has 1 N–H and O–H groups in total. The minimum atomic E-state index is -0.575. The van der Waals surface area contributed by atoms with Crippen molar-refractivity contribution in [2.75, 3.05) is 19.0 Å². The van der Waals surface area contributed by atoms with Gasteiger partial charge in [0.05, 0.1) is 22.7 Å². The molecule has 0 spiro atoms. The number of rotatable bonds is 8. The summed E-state index contributed by atoms with van der Waals surface area (Å²) < 4.78 is 18.5. The molecule has 1 aromatic heterocycles.